The largest absolute Gasteiger partial charge is 0.313 e. The maximum absolute atomic E-state index is 3.45. The lowest BCUT2D eigenvalue weighted by Crippen LogP contribution is -2.18. The van der Waals surface area contributed by atoms with Crippen LogP contribution in [0.25, 0.3) is 0 Å². The number of nitrogens with one attached hydrogen (secondary N) is 1. The van der Waals surface area contributed by atoms with E-state index in [0.29, 0.717) is 6.04 Å². The van der Waals surface area contributed by atoms with E-state index in [1.165, 1.54) is 17.5 Å². The van der Waals surface area contributed by atoms with Crippen LogP contribution in [0, 0.1) is 11.8 Å². The van der Waals surface area contributed by atoms with E-state index in [1.807, 2.05) is 0 Å². The minimum absolute atomic E-state index is 0.561. The van der Waals surface area contributed by atoms with Gasteiger partial charge in [-0.05, 0) is 42.9 Å². The predicted octanol–water partition coefficient (Wildman–Crippen LogP) is 3.17. The quantitative estimate of drug-likeness (QED) is 0.792. The summed E-state index contributed by atoms with van der Waals surface area (Å²) in [5.74, 6) is 1.75. The molecule has 1 nitrogen and oxygen atoms in total. The summed E-state index contributed by atoms with van der Waals surface area (Å²) < 4.78 is 0. The zero-order valence-electron chi connectivity index (χ0n) is 9.96. The molecule has 15 heavy (non-hydrogen) atoms. The van der Waals surface area contributed by atoms with Gasteiger partial charge in [0.25, 0.3) is 0 Å². The second kappa shape index (κ2) is 4.36. The molecule has 0 aromatic heterocycles. The highest BCUT2D eigenvalue weighted by Gasteiger charge is 2.39. The van der Waals surface area contributed by atoms with Crippen LogP contribution < -0.4 is 5.32 Å². The normalized spacial score (nSPS) is 26.3. The van der Waals surface area contributed by atoms with Crippen LogP contribution >= 0.6 is 0 Å². The molecule has 1 aliphatic carbocycles. The third-order valence-corrected chi connectivity index (χ3v) is 3.66. The Morgan fingerprint density at radius 3 is 2.33 bits per heavy atom. The Kier molecular flexibility index (Phi) is 3.11. The van der Waals surface area contributed by atoms with Gasteiger partial charge >= 0.3 is 0 Å². The van der Waals surface area contributed by atoms with Gasteiger partial charge in [0.15, 0.2) is 0 Å². The minimum Gasteiger partial charge on any atom is -0.313 e. The fourth-order valence-electron chi connectivity index (χ4n) is 2.40. The summed E-state index contributed by atoms with van der Waals surface area (Å²) >= 11 is 0. The van der Waals surface area contributed by atoms with Crippen molar-refractivity contribution < 1.29 is 0 Å². The summed E-state index contributed by atoms with van der Waals surface area (Å²) in [5, 5.41) is 3.45. The molecule has 1 heteroatoms. The molecule has 0 spiro atoms. The van der Waals surface area contributed by atoms with Gasteiger partial charge in [-0.3, -0.25) is 0 Å². The summed E-state index contributed by atoms with van der Waals surface area (Å²) in [4.78, 5) is 0. The van der Waals surface area contributed by atoms with Crippen molar-refractivity contribution in [1.82, 2.24) is 5.32 Å². The second-order valence-corrected chi connectivity index (χ2v) is 4.74. The van der Waals surface area contributed by atoms with Crippen molar-refractivity contribution in [2.45, 2.75) is 32.7 Å². The number of hydrogen-bond acceptors (Lipinski definition) is 1. The van der Waals surface area contributed by atoms with Crippen LogP contribution in [0.15, 0.2) is 24.3 Å². The molecular formula is C14H21N. The lowest BCUT2D eigenvalue weighted by atomic mass is 9.99. The summed E-state index contributed by atoms with van der Waals surface area (Å²) in [6.45, 7) is 4.54. The molecule has 1 N–H and O–H groups in total. The fraction of sp³-hybridized carbons (Fsp3) is 0.571. The van der Waals surface area contributed by atoms with Crippen molar-refractivity contribution in [2.75, 3.05) is 7.05 Å². The minimum atomic E-state index is 0.561. The number of hydrogen-bond donors (Lipinski definition) is 1. The van der Waals surface area contributed by atoms with E-state index < -0.39 is 0 Å². The van der Waals surface area contributed by atoms with Crippen molar-refractivity contribution in [3.8, 4) is 0 Å². The Labute approximate surface area is 92.9 Å². The highest BCUT2D eigenvalue weighted by molar-refractivity contribution is 5.26. The zero-order valence-corrected chi connectivity index (χ0v) is 9.96. The first-order chi connectivity index (χ1) is 7.26. The lowest BCUT2D eigenvalue weighted by Gasteiger charge is -2.16. The fourth-order valence-corrected chi connectivity index (χ4v) is 2.40. The number of rotatable bonds is 4. The maximum atomic E-state index is 3.45. The SMILES string of the molecule is CCc1ccc(C(NC)C2CC2C)cc1. The summed E-state index contributed by atoms with van der Waals surface area (Å²) in [5.41, 5.74) is 2.88. The standard InChI is InChI=1S/C14H21N/c1-4-11-5-7-12(8-6-11)14(15-3)13-9-10(13)2/h5-8,10,13-15H,4,9H2,1-3H3. The van der Waals surface area contributed by atoms with Crippen LogP contribution in [-0.2, 0) is 6.42 Å². The van der Waals surface area contributed by atoms with E-state index in [-0.39, 0.29) is 0 Å². The predicted molar refractivity (Wildman–Crippen MR) is 64.9 cm³/mol. The van der Waals surface area contributed by atoms with Gasteiger partial charge in [0.2, 0.25) is 0 Å². The molecule has 0 aliphatic heterocycles. The Bertz CT molecular complexity index is 315. The third kappa shape index (κ3) is 2.23. The van der Waals surface area contributed by atoms with E-state index in [2.05, 4.69) is 50.5 Å². The average molecular weight is 203 g/mol. The second-order valence-electron chi connectivity index (χ2n) is 4.74. The maximum Gasteiger partial charge on any atom is 0.0348 e. The number of benzene rings is 1. The van der Waals surface area contributed by atoms with Crippen molar-refractivity contribution in [3.05, 3.63) is 35.4 Å². The Hall–Kier alpha value is -0.820. The van der Waals surface area contributed by atoms with Crippen LogP contribution in [0.5, 0.6) is 0 Å². The van der Waals surface area contributed by atoms with E-state index in [0.717, 1.165) is 18.3 Å². The first-order valence-electron chi connectivity index (χ1n) is 6.02. The lowest BCUT2D eigenvalue weighted by molar-refractivity contribution is 0.504. The van der Waals surface area contributed by atoms with Crippen molar-refractivity contribution in [2.24, 2.45) is 11.8 Å². The Morgan fingerprint density at radius 1 is 1.33 bits per heavy atom. The molecule has 0 heterocycles. The third-order valence-electron chi connectivity index (χ3n) is 3.66. The van der Waals surface area contributed by atoms with Crippen molar-refractivity contribution in [3.63, 3.8) is 0 Å². The molecule has 0 bridgehead atoms. The van der Waals surface area contributed by atoms with Gasteiger partial charge < -0.3 is 5.32 Å². The van der Waals surface area contributed by atoms with Gasteiger partial charge in [-0.25, -0.2) is 0 Å². The van der Waals surface area contributed by atoms with E-state index in [4.69, 9.17) is 0 Å². The highest BCUT2D eigenvalue weighted by Crippen LogP contribution is 2.46. The van der Waals surface area contributed by atoms with Crippen molar-refractivity contribution >= 4 is 0 Å². The molecule has 82 valence electrons. The topological polar surface area (TPSA) is 12.0 Å². The van der Waals surface area contributed by atoms with Crippen LogP contribution in [0.2, 0.25) is 0 Å². The van der Waals surface area contributed by atoms with Crippen molar-refractivity contribution in [1.29, 1.82) is 0 Å². The highest BCUT2D eigenvalue weighted by atomic mass is 14.9. The molecule has 0 amide bonds. The molecule has 0 radical (unpaired) electrons. The van der Waals surface area contributed by atoms with Crippen LogP contribution in [-0.4, -0.2) is 7.05 Å². The zero-order chi connectivity index (χ0) is 10.8. The molecule has 1 aromatic carbocycles. The van der Waals surface area contributed by atoms with Crippen LogP contribution in [0.4, 0.5) is 0 Å². The summed E-state index contributed by atoms with van der Waals surface area (Å²) in [7, 11) is 2.07. The summed E-state index contributed by atoms with van der Waals surface area (Å²) in [6.07, 6.45) is 2.51. The molecule has 3 unspecified atom stereocenters. The molecule has 1 saturated carbocycles. The van der Waals surface area contributed by atoms with Gasteiger partial charge in [-0.1, -0.05) is 38.1 Å². The Morgan fingerprint density at radius 2 is 1.93 bits per heavy atom. The molecule has 1 fully saturated rings. The van der Waals surface area contributed by atoms with Gasteiger partial charge in [0, 0.05) is 6.04 Å². The first kappa shape index (κ1) is 10.7. The van der Waals surface area contributed by atoms with Gasteiger partial charge in [0.05, 0.1) is 0 Å². The molecule has 1 aromatic rings. The Balaban J connectivity index is 2.12. The first-order valence-corrected chi connectivity index (χ1v) is 6.02. The average Bonchev–Trinajstić information content (AvgIpc) is 2.98. The molecule has 3 atom stereocenters. The van der Waals surface area contributed by atoms with E-state index >= 15 is 0 Å². The molecule has 0 saturated heterocycles. The van der Waals surface area contributed by atoms with E-state index in [1.54, 1.807) is 0 Å². The van der Waals surface area contributed by atoms with Gasteiger partial charge in [-0.2, -0.15) is 0 Å². The smallest absolute Gasteiger partial charge is 0.0348 e. The van der Waals surface area contributed by atoms with Crippen LogP contribution in [0.3, 0.4) is 0 Å². The summed E-state index contributed by atoms with van der Waals surface area (Å²) in [6, 6.07) is 9.64. The molecule has 2 rings (SSSR count). The van der Waals surface area contributed by atoms with E-state index in [9.17, 15) is 0 Å². The molecule has 1 aliphatic rings. The molecular weight excluding hydrogens is 182 g/mol. The van der Waals surface area contributed by atoms with Crippen LogP contribution in [0.1, 0.15) is 37.4 Å². The monoisotopic (exact) mass is 203 g/mol. The van der Waals surface area contributed by atoms with Gasteiger partial charge in [0.1, 0.15) is 0 Å². The number of aryl methyl sites for hydroxylation is 1. The van der Waals surface area contributed by atoms with Gasteiger partial charge in [-0.15, -0.1) is 0 Å².